The van der Waals surface area contributed by atoms with Crippen LogP contribution in [0.15, 0.2) is 5.17 Å². The molecule has 0 aromatic carbocycles. The number of carbonyl (C=O) groups is 1. The number of likely N-dealkylation sites (N-methyl/N-ethyl adjacent to an activating group) is 1. The second-order valence-electron chi connectivity index (χ2n) is 1.43. The van der Waals surface area contributed by atoms with Gasteiger partial charge in [0.05, 0.1) is 5.17 Å². The van der Waals surface area contributed by atoms with Gasteiger partial charge in [0.15, 0.2) is 0 Å². The van der Waals surface area contributed by atoms with Gasteiger partial charge in [-0.3, -0.25) is 4.79 Å². The number of nitrogens with one attached hydrogen (secondary N) is 1. The van der Waals surface area contributed by atoms with Gasteiger partial charge in [0, 0.05) is 6.54 Å². The molecule has 0 aliphatic heterocycles. The molecular weight excluding hydrogens is 471 g/mol. The Balaban J connectivity index is 4.09. The Kier molecular flexibility index (Phi) is 6.81. The number of hydrogen-bond donors (Lipinski definition) is 1. The van der Waals surface area contributed by atoms with Gasteiger partial charge in [-0.2, -0.15) is 0 Å². The fourth-order valence-corrected chi connectivity index (χ4v) is 1.00. The minimum Gasteiger partial charge on any atom is -0.352 e. The Morgan fingerprint density at radius 2 is 1.90 bits per heavy atom. The van der Waals surface area contributed by atoms with E-state index in [0.717, 1.165) is 5.17 Å². The first kappa shape index (κ1) is 11.4. The van der Waals surface area contributed by atoms with Crippen molar-refractivity contribution in [3.05, 3.63) is 5.17 Å². The van der Waals surface area contributed by atoms with Crippen LogP contribution in [-0.2, 0) is 4.79 Å². The number of amides is 1. The molecule has 0 aromatic heterocycles. The van der Waals surface area contributed by atoms with Crippen molar-refractivity contribution < 1.29 is 4.79 Å². The van der Waals surface area contributed by atoms with Crippen molar-refractivity contribution in [3.63, 3.8) is 0 Å². The molecular formula is C5H6I3NO. The average molecular weight is 477 g/mol. The van der Waals surface area contributed by atoms with Crippen molar-refractivity contribution in [3.8, 4) is 0 Å². The Morgan fingerprint density at radius 3 is 2.20 bits per heavy atom. The summed E-state index contributed by atoms with van der Waals surface area (Å²) in [5.74, 6) is 0.0156. The van der Waals surface area contributed by atoms with Gasteiger partial charge < -0.3 is 5.32 Å². The number of hydrogen-bond acceptors (Lipinski definition) is 1. The SMILES string of the molecule is CCNC(=O)C(I)=C(I)I. The standard InChI is InChI=1S/C5H6I3NO/c1-2-9-5(10)3(6)4(7)8/h2H2,1H3,(H,9,10). The highest BCUT2D eigenvalue weighted by atomic mass is 127. The minimum absolute atomic E-state index is 0.0156. The summed E-state index contributed by atoms with van der Waals surface area (Å²) in [5, 5.41) is 2.71. The Labute approximate surface area is 101 Å². The van der Waals surface area contributed by atoms with Crippen LogP contribution in [0.4, 0.5) is 0 Å². The molecule has 10 heavy (non-hydrogen) atoms. The van der Waals surface area contributed by atoms with E-state index >= 15 is 0 Å². The molecule has 0 saturated heterocycles. The summed E-state index contributed by atoms with van der Waals surface area (Å²) in [6.07, 6.45) is 0. The summed E-state index contributed by atoms with van der Waals surface area (Å²) in [4.78, 5) is 11.0. The van der Waals surface area contributed by atoms with Crippen LogP contribution in [0.2, 0.25) is 0 Å². The molecule has 0 fully saturated rings. The number of rotatable bonds is 2. The second-order valence-corrected chi connectivity index (χ2v) is 6.73. The van der Waals surface area contributed by atoms with E-state index in [1.807, 2.05) is 29.5 Å². The van der Waals surface area contributed by atoms with E-state index in [1.54, 1.807) is 0 Å². The van der Waals surface area contributed by atoms with Gasteiger partial charge in [-0.05, 0) is 74.7 Å². The Hall–Kier alpha value is 1.40. The molecule has 1 N–H and O–H groups in total. The van der Waals surface area contributed by atoms with Crippen LogP contribution in [0.1, 0.15) is 6.92 Å². The van der Waals surface area contributed by atoms with E-state index in [9.17, 15) is 4.79 Å². The molecule has 0 spiro atoms. The lowest BCUT2D eigenvalue weighted by Gasteiger charge is -1.99. The van der Waals surface area contributed by atoms with E-state index < -0.39 is 0 Å². The summed E-state index contributed by atoms with van der Waals surface area (Å²) >= 11 is 6.28. The molecule has 0 aliphatic carbocycles. The quantitative estimate of drug-likeness (QED) is 0.482. The molecule has 0 rings (SSSR count). The van der Waals surface area contributed by atoms with Crippen LogP contribution in [-0.4, -0.2) is 12.5 Å². The lowest BCUT2D eigenvalue weighted by Crippen LogP contribution is -2.22. The Bertz CT molecular complexity index is 162. The molecule has 0 radical (unpaired) electrons. The van der Waals surface area contributed by atoms with Gasteiger partial charge in [0.1, 0.15) is 0 Å². The van der Waals surface area contributed by atoms with Crippen molar-refractivity contribution in [2.24, 2.45) is 0 Å². The van der Waals surface area contributed by atoms with Crippen LogP contribution in [0.25, 0.3) is 0 Å². The van der Waals surface area contributed by atoms with Gasteiger partial charge in [0.2, 0.25) is 0 Å². The zero-order chi connectivity index (χ0) is 8.15. The van der Waals surface area contributed by atoms with E-state index in [1.165, 1.54) is 0 Å². The molecule has 1 amide bonds. The summed E-state index contributed by atoms with van der Waals surface area (Å²) in [5.41, 5.74) is 0. The average Bonchev–Trinajstić information content (AvgIpc) is 1.87. The van der Waals surface area contributed by atoms with Crippen molar-refractivity contribution in [1.82, 2.24) is 5.32 Å². The number of carbonyl (C=O) groups excluding carboxylic acids is 1. The molecule has 58 valence electrons. The maximum Gasteiger partial charge on any atom is 0.259 e. The maximum absolute atomic E-state index is 11.0. The predicted octanol–water partition coefficient (Wildman–Crippen LogP) is 2.60. The van der Waals surface area contributed by atoms with Gasteiger partial charge >= 0.3 is 0 Å². The van der Waals surface area contributed by atoms with Crippen LogP contribution >= 0.6 is 67.8 Å². The maximum atomic E-state index is 11.0. The lowest BCUT2D eigenvalue weighted by atomic mass is 10.6. The highest BCUT2D eigenvalue weighted by molar-refractivity contribution is 14.2. The molecule has 5 heteroatoms. The molecule has 0 bridgehead atoms. The third-order valence-electron chi connectivity index (χ3n) is 0.703. The summed E-state index contributed by atoms with van der Waals surface area (Å²) < 4.78 is 1.77. The first-order valence-corrected chi connectivity index (χ1v) is 5.82. The Morgan fingerprint density at radius 1 is 1.40 bits per heavy atom. The van der Waals surface area contributed by atoms with Crippen molar-refractivity contribution in [1.29, 1.82) is 0 Å². The van der Waals surface area contributed by atoms with Gasteiger partial charge in [-0.1, -0.05) is 0 Å². The highest BCUT2D eigenvalue weighted by Gasteiger charge is 2.06. The van der Waals surface area contributed by atoms with E-state index in [4.69, 9.17) is 0 Å². The van der Waals surface area contributed by atoms with Gasteiger partial charge in [0.25, 0.3) is 5.91 Å². The van der Waals surface area contributed by atoms with Crippen LogP contribution in [0, 0.1) is 0 Å². The smallest absolute Gasteiger partial charge is 0.259 e. The zero-order valence-electron chi connectivity index (χ0n) is 5.25. The zero-order valence-corrected chi connectivity index (χ0v) is 11.7. The first-order chi connectivity index (χ1) is 4.59. The van der Waals surface area contributed by atoms with Crippen LogP contribution in [0.5, 0.6) is 0 Å². The predicted molar refractivity (Wildman–Crippen MR) is 67.8 cm³/mol. The topological polar surface area (TPSA) is 29.1 Å². The molecule has 0 saturated carbocycles. The van der Waals surface area contributed by atoms with Crippen molar-refractivity contribution in [2.45, 2.75) is 6.92 Å². The summed E-state index contributed by atoms with van der Waals surface area (Å²) in [6.45, 7) is 2.59. The van der Waals surface area contributed by atoms with Crippen molar-refractivity contribution >= 4 is 73.7 Å². The van der Waals surface area contributed by atoms with Gasteiger partial charge in [-0.25, -0.2) is 0 Å². The van der Waals surface area contributed by atoms with Crippen LogP contribution < -0.4 is 5.32 Å². The fraction of sp³-hybridized carbons (Fsp3) is 0.400. The highest BCUT2D eigenvalue weighted by Crippen LogP contribution is 2.24. The van der Waals surface area contributed by atoms with Gasteiger partial charge in [-0.15, -0.1) is 0 Å². The number of halogens is 3. The summed E-state index contributed by atoms with van der Waals surface area (Å²) in [7, 11) is 0. The summed E-state index contributed by atoms with van der Waals surface area (Å²) in [6, 6.07) is 0. The molecule has 0 unspecified atom stereocenters. The van der Waals surface area contributed by atoms with E-state index in [-0.39, 0.29) is 5.91 Å². The third-order valence-corrected chi connectivity index (χ3v) is 4.87. The van der Waals surface area contributed by atoms with Crippen molar-refractivity contribution in [2.75, 3.05) is 6.54 Å². The second kappa shape index (κ2) is 5.98. The van der Waals surface area contributed by atoms with E-state index in [0.29, 0.717) is 6.54 Å². The van der Waals surface area contributed by atoms with Crippen LogP contribution in [0.3, 0.4) is 0 Å². The molecule has 0 aromatic rings. The minimum atomic E-state index is 0.0156. The van der Waals surface area contributed by atoms with E-state index in [2.05, 4.69) is 50.5 Å². The molecule has 0 atom stereocenters. The molecule has 2 nitrogen and oxygen atoms in total. The normalized spacial score (nSPS) is 8.80. The monoisotopic (exact) mass is 477 g/mol. The molecule has 0 aliphatic rings. The third kappa shape index (κ3) is 4.31. The largest absolute Gasteiger partial charge is 0.352 e. The molecule has 0 heterocycles. The lowest BCUT2D eigenvalue weighted by molar-refractivity contribution is -0.116. The first-order valence-electron chi connectivity index (χ1n) is 2.58. The fourth-order valence-electron chi connectivity index (χ4n) is 0.324.